The molecule has 0 bridgehead atoms. The molecule has 0 aliphatic heterocycles. The summed E-state index contributed by atoms with van der Waals surface area (Å²) in [5.41, 5.74) is 2.12. The first-order valence-corrected chi connectivity index (χ1v) is 9.16. The van der Waals surface area contributed by atoms with Gasteiger partial charge in [-0.05, 0) is 60.9 Å². The molecular formula is C23H25NO3. The molecule has 0 aliphatic carbocycles. The van der Waals surface area contributed by atoms with Crippen molar-refractivity contribution in [3.05, 3.63) is 71.8 Å². The highest BCUT2D eigenvalue weighted by molar-refractivity contribution is 5.83. The van der Waals surface area contributed by atoms with Gasteiger partial charge < -0.3 is 14.8 Å². The topological polar surface area (TPSA) is 47.6 Å². The van der Waals surface area contributed by atoms with Gasteiger partial charge in [-0.15, -0.1) is 0 Å². The number of nitrogens with one attached hydrogen (secondary N) is 1. The molecule has 1 atom stereocenters. The molecule has 0 aromatic heterocycles. The van der Waals surface area contributed by atoms with E-state index in [1.54, 1.807) is 6.92 Å². The molecule has 0 spiro atoms. The molecule has 27 heavy (non-hydrogen) atoms. The van der Waals surface area contributed by atoms with Gasteiger partial charge in [0.25, 0.3) is 5.91 Å². The van der Waals surface area contributed by atoms with Crippen LogP contribution in [-0.4, -0.2) is 25.2 Å². The second-order valence-corrected chi connectivity index (χ2v) is 6.68. The Morgan fingerprint density at radius 1 is 1.00 bits per heavy atom. The third kappa shape index (κ3) is 5.00. The van der Waals surface area contributed by atoms with Crippen molar-refractivity contribution in [1.82, 2.24) is 5.32 Å². The predicted molar refractivity (Wildman–Crippen MR) is 108 cm³/mol. The highest BCUT2D eigenvalue weighted by Crippen LogP contribution is 2.21. The predicted octanol–water partition coefficient (Wildman–Crippen LogP) is 4.42. The SMILES string of the molecule is Cc1ccc(C)c(O[C@@H](C)C(=O)NCCOc2ccc3ccccc3c2)c1. The maximum atomic E-state index is 12.2. The maximum Gasteiger partial charge on any atom is 0.260 e. The van der Waals surface area contributed by atoms with E-state index < -0.39 is 6.10 Å². The van der Waals surface area contributed by atoms with Gasteiger partial charge in [0.2, 0.25) is 0 Å². The average Bonchev–Trinajstić information content (AvgIpc) is 2.67. The molecule has 0 radical (unpaired) electrons. The second kappa shape index (κ2) is 8.58. The van der Waals surface area contributed by atoms with Crippen LogP contribution in [0.2, 0.25) is 0 Å². The molecule has 3 aromatic rings. The van der Waals surface area contributed by atoms with E-state index in [1.165, 1.54) is 5.39 Å². The van der Waals surface area contributed by atoms with Crippen molar-refractivity contribution in [2.24, 2.45) is 0 Å². The van der Waals surface area contributed by atoms with Crippen molar-refractivity contribution < 1.29 is 14.3 Å². The van der Waals surface area contributed by atoms with Crippen LogP contribution < -0.4 is 14.8 Å². The number of fused-ring (bicyclic) bond motifs is 1. The lowest BCUT2D eigenvalue weighted by Crippen LogP contribution is -2.38. The van der Waals surface area contributed by atoms with E-state index in [9.17, 15) is 4.79 Å². The summed E-state index contributed by atoms with van der Waals surface area (Å²) in [6, 6.07) is 20.1. The normalized spacial score (nSPS) is 11.8. The number of hydrogen-bond donors (Lipinski definition) is 1. The Kier molecular flexibility index (Phi) is 5.97. The van der Waals surface area contributed by atoms with Crippen LogP contribution in [-0.2, 0) is 4.79 Å². The Morgan fingerprint density at radius 2 is 1.78 bits per heavy atom. The van der Waals surface area contributed by atoms with E-state index in [4.69, 9.17) is 9.47 Å². The number of carbonyl (C=O) groups is 1. The van der Waals surface area contributed by atoms with Gasteiger partial charge in [0, 0.05) is 0 Å². The zero-order chi connectivity index (χ0) is 19.2. The summed E-state index contributed by atoms with van der Waals surface area (Å²) in [4.78, 5) is 12.2. The monoisotopic (exact) mass is 363 g/mol. The van der Waals surface area contributed by atoms with E-state index in [0.29, 0.717) is 13.2 Å². The third-order valence-electron chi connectivity index (χ3n) is 4.41. The van der Waals surface area contributed by atoms with Crippen molar-refractivity contribution in [3.63, 3.8) is 0 Å². The molecule has 1 N–H and O–H groups in total. The van der Waals surface area contributed by atoms with Gasteiger partial charge >= 0.3 is 0 Å². The van der Waals surface area contributed by atoms with Crippen LogP contribution in [0, 0.1) is 13.8 Å². The largest absolute Gasteiger partial charge is 0.492 e. The molecule has 4 nitrogen and oxygen atoms in total. The second-order valence-electron chi connectivity index (χ2n) is 6.68. The fourth-order valence-corrected chi connectivity index (χ4v) is 2.82. The molecule has 0 saturated carbocycles. The Morgan fingerprint density at radius 3 is 2.59 bits per heavy atom. The highest BCUT2D eigenvalue weighted by atomic mass is 16.5. The quantitative estimate of drug-likeness (QED) is 0.632. The number of amides is 1. The lowest BCUT2D eigenvalue weighted by atomic mass is 10.1. The van der Waals surface area contributed by atoms with Crippen molar-refractivity contribution in [1.29, 1.82) is 0 Å². The Balaban J connectivity index is 1.46. The summed E-state index contributed by atoms with van der Waals surface area (Å²) >= 11 is 0. The van der Waals surface area contributed by atoms with Crippen LogP contribution in [0.25, 0.3) is 10.8 Å². The Hall–Kier alpha value is -3.01. The van der Waals surface area contributed by atoms with Gasteiger partial charge in [-0.3, -0.25) is 4.79 Å². The molecule has 0 fully saturated rings. The van der Waals surface area contributed by atoms with Crippen LogP contribution in [0.15, 0.2) is 60.7 Å². The zero-order valence-electron chi connectivity index (χ0n) is 16.0. The molecule has 3 rings (SSSR count). The maximum absolute atomic E-state index is 12.2. The summed E-state index contributed by atoms with van der Waals surface area (Å²) in [6.45, 7) is 6.55. The van der Waals surface area contributed by atoms with Crippen molar-refractivity contribution in [2.45, 2.75) is 26.9 Å². The number of aryl methyl sites for hydroxylation is 2. The van der Waals surface area contributed by atoms with Gasteiger partial charge in [0.05, 0.1) is 6.54 Å². The van der Waals surface area contributed by atoms with Crippen LogP contribution in [0.5, 0.6) is 11.5 Å². The molecule has 0 unspecified atom stereocenters. The van der Waals surface area contributed by atoms with Crippen LogP contribution >= 0.6 is 0 Å². The Bertz CT molecular complexity index is 936. The summed E-state index contributed by atoms with van der Waals surface area (Å²) < 4.78 is 11.5. The van der Waals surface area contributed by atoms with E-state index in [2.05, 4.69) is 17.4 Å². The molecule has 1 amide bonds. The lowest BCUT2D eigenvalue weighted by molar-refractivity contribution is -0.127. The van der Waals surface area contributed by atoms with E-state index in [-0.39, 0.29) is 5.91 Å². The molecule has 140 valence electrons. The summed E-state index contributed by atoms with van der Waals surface area (Å²) in [5, 5.41) is 5.17. The fraction of sp³-hybridized carbons (Fsp3) is 0.261. The van der Waals surface area contributed by atoms with Crippen LogP contribution in [0.4, 0.5) is 0 Å². The number of rotatable bonds is 7. The van der Waals surface area contributed by atoms with Crippen molar-refractivity contribution >= 4 is 16.7 Å². The number of benzene rings is 3. The fourth-order valence-electron chi connectivity index (χ4n) is 2.82. The molecular weight excluding hydrogens is 338 g/mol. The first-order valence-electron chi connectivity index (χ1n) is 9.16. The minimum Gasteiger partial charge on any atom is -0.492 e. The zero-order valence-corrected chi connectivity index (χ0v) is 16.0. The average molecular weight is 363 g/mol. The smallest absolute Gasteiger partial charge is 0.260 e. The van der Waals surface area contributed by atoms with Crippen LogP contribution in [0.1, 0.15) is 18.1 Å². The van der Waals surface area contributed by atoms with Crippen molar-refractivity contribution in [2.75, 3.05) is 13.2 Å². The first kappa shape index (κ1) is 18.8. The highest BCUT2D eigenvalue weighted by Gasteiger charge is 2.15. The summed E-state index contributed by atoms with van der Waals surface area (Å²) in [7, 11) is 0. The van der Waals surface area contributed by atoms with Gasteiger partial charge in [0.1, 0.15) is 18.1 Å². The molecule has 0 aliphatic rings. The number of hydrogen-bond acceptors (Lipinski definition) is 3. The molecule has 0 heterocycles. The van der Waals surface area contributed by atoms with Crippen LogP contribution in [0.3, 0.4) is 0 Å². The number of ether oxygens (including phenoxy) is 2. The summed E-state index contributed by atoms with van der Waals surface area (Å²) in [6.07, 6.45) is -0.564. The third-order valence-corrected chi connectivity index (χ3v) is 4.41. The minimum atomic E-state index is -0.564. The van der Waals surface area contributed by atoms with E-state index in [1.807, 2.05) is 62.4 Å². The lowest BCUT2D eigenvalue weighted by Gasteiger charge is -2.17. The van der Waals surface area contributed by atoms with E-state index in [0.717, 1.165) is 28.0 Å². The van der Waals surface area contributed by atoms with E-state index >= 15 is 0 Å². The molecule has 4 heteroatoms. The standard InChI is InChI=1S/C23H25NO3/c1-16-8-9-17(2)22(14-16)27-18(3)23(25)24-12-13-26-21-11-10-19-6-4-5-7-20(19)15-21/h4-11,14-15,18H,12-13H2,1-3H3,(H,24,25)/t18-/m0/s1. The van der Waals surface area contributed by atoms with Gasteiger partial charge in [0.15, 0.2) is 6.10 Å². The van der Waals surface area contributed by atoms with Gasteiger partial charge in [-0.1, -0.05) is 42.5 Å². The molecule has 0 saturated heterocycles. The van der Waals surface area contributed by atoms with Gasteiger partial charge in [-0.25, -0.2) is 0 Å². The van der Waals surface area contributed by atoms with Crippen molar-refractivity contribution in [3.8, 4) is 11.5 Å². The number of carbonyl (C=O) groups excluding carboxylic acids is 1. The molecule has 3 aromatic carbocycles. The Labute approximate surface area is 160 Å². The first-order chi connectivity index (χ1) is 13.0. The van der Waals surface area contributed by atoms with Gasteiger partial charge in [-0.2, -0.15) is 0 Å². The summed E-state index contributed by atoms with van der Waals surface area (Å²) in [5.74, 6) is 1.38. The minimum absolute atomic E-state index is 0.155.